The van der Waals surface area contributed by atoms with E-state index in [0.717, 1.165) is 51.5 Å². The van der Waals surface area contributed by atoms with Crippen molar-refractivity contribution in [2.24, 2.45) is 0 Å². The first-order valence-corrected chi connectivity index (χ1v) is 21.3. The molecule has 0 unspecified atom stereocenters. The van der Waals surface area contributed by atoms with Crippen LogP contribution in [0.4, 0.5) is 11.4 Å². The molecule has 0 spiro atoms. The summed E-state index contributed by atoms with van der Waals surface area (Å²) in [4.78, 5) is 2.44. The summed E-state index contributed by atoms with van der Waals surface area (Å²) >= 11 is 0. The second kappa shape index (κ2) is 14.3. The Bertz CT molecular complexity index is 3300. The summed E-state index contributed by atoms with van der Waals surface area (Å²) in [6.45, 7) is 0. The lowest BCUT2D eigenvalue weighted by Crippen LogP contribution is -2.29. The molecule has 0 bridgehead atoms. The quantitative estimate of drug-likeness (QED) is 0.160. The Balaban J connectivity index is 0.944. The Morgan fingerprint density at radius 2 is 1.00 bits per heavy atom. The number of allylic oxidation sites excluding steroid dienone is 3. The molecular formula is C59H41NO. The Labute approximate surface area is 356 Å². The lowest BCUT2D eigenvalue weighted by Gasteiger charge is -2.35. The van der Waals surface area contributed by atoms with Crippen molar-refractivity contribution >= 4 is 44.1 Å². The minimum Gasteiger partial charge on any atom is -0.455 e. The highest BCUT2D eigenvalue weighted by atomic mass is 16.3. The van der Waals surface area contributed by atoms with Crippen LogP contribution in [0.5, 0.6) is 0 Å². The largest absolute Gasteiger partial charge is 0.455 e. The molecule has 0 amide bonds. The summed E-state index contributed by atoms with van der Waals surface area (Å²) in [5, 5.41) is 4.62. The lowest BCUT2D eigenvalue weighted by atomic mass is 9.67. The minimum absolute atomic E-state index is 0.465. The van der Waals surface area contributed by atoms with Crippen molar-refractivity contribution in [2.75, 3.05) is 4.90 Å². The van der Waals surface area contributed by atoms with Gasteiger partial charge in [-0.1, -0.05) is 182 Å². The van der Waals surface area contributed by atoms with Crippen molar-refractivity contribution in [2.45, 2.75) is 18.3 Å². The Hall–Kier alpha value is -7.68. The second-order valence-corrected chi connectivity index (χ2v) is 16.3. The Morgan fingerprint density at radius 1 is 0.410 bits per heavy atom. The summed E-state index contributed by atoms with van der Waals surface area (Å²) in [6.07, 6.45) is 9.03. The molecule has 0 atom stereocenters. The van der Waals surface area contributed by atoms with Crippen LogP contribution in [0.3, 0.4) is 0 Å². The molecule has 2 heteroatoms. The molecule has 12 rings (SSSR count). The van der Waals surface area contributed by atoms with Crippen molar-refractivity contribution in [3.05, 3.63) is 252 Å². The highest BCUT2D eigenvalue weighted by Crippen LogP contribution is 2.57. The van der Waals surface area contributed by atoms with E-state index in [-0.39, 0.29) is 0 Å². The van der Waals surface area contributed by atoms with Crippen LogP contribution in [0.15, 0.2) is 235 Å². The van der Waals surface area contributed by atoms with Crippen LogP contribution in [0.2, 0.25) is 0 Å². The monoisotopic (exact) mass is 779 g/mol. The molecule has 0 saturated heterocycles. The van der Waals surface area contributed by atoms with Crippen LogP contribution < -0.4 is 4.90 Å². The average molecular weight is 780 g/mol. The Morgan fingerprint density at radius 3 is 1.72 bits per heavy atom. The number of fused-ring (bicyclic) bond motifs is 8. The molecular weight excluding hydrogens is 739 g/mol. The van der Waals surface area contributed by atoms with E-state index in [9.17, 15) is 0 Å². The molecule has 1 heterocycles. The maximum absolute atomic E-state index is 6.39. The smallest absolute Gasteiger partial charge is 0.143 e. The normalized spacial score (nSPS) is 13.9. The van der Waals surface area contributed by atoms with Gasteiger partial charge in [0, 0.05) is 33.2 Å². The van der Waals surface area contributed by atoms with Crippen LogP contribution in [0, 0.1) is 0 Å². The highest BCUT2D eigenvalue weighted by molar-refractivity contribution is 6.19. The summed E-state index contributed by atoms with van der Waals surface area (Å²) in [7, 11) is 0. The summed E-state index contributed by atoms with van der Waals surface area (Å²) < 4.78 is 6.39. The van der Waals surface area contributed by atoms with Gasteiger partial charge < -0.3 is 9.32 Å². The van der Waals surface area contributed by atoms with Crippen LogP contribution in [-0.4, -0.2) is 0 Å². The first-order chi connectivity index (χ1) is 30.3. The summed E-state index contributed by atoms with van der Waals surface area (Å²) in [5.74, 6) is 0. The maximum atomic E-state index is 6.39. The fourth-order valence-corrected chi connectivity index (χ4v) is 10.2. The number of furan rings is 1. The molecule has 10 aromatic rings. The van der Waals surface area contributed by atoms with Gasteiger partial charge in [0.05, 0.1) is 5.41 Å². The average Bonchev–Trinajstić information content (AvgIpc) is 3.86. The Kier molecular flexibility index (Phi) is 8.24. The molecule has 0 N–H and O–H groups in total. The first-order valence-electron chi connectivity index (χ1n) is 21.3. The molecule has 61 heavy (non-hydrogen) atoms. The fourth-order valence-electron chi connectivity index (χ4n) is 10.2. The fraction of sp³-hybridized carbons (Fsp3) is 0.0508. The van der Waals surface area contributed by atoms with E-state index in [1.165, 1.54) is 66.7 Å². The van der Waals surface area contributed by atoms with Gasteiger partial charge in [0.15, 0.2) is 0 Å². The predicted molar refractivity (Wildman–Crippen MR) is 254 cm³/mol. The number of anilines is 2. The zero-order valence-corrected chi connectivity index (χ0v) is 33.6. The molecule has 0 radical (unpaired) electrons. The van der Waals surface area contributed by atoms with Crippen molar-refractivity contribution in [1.29, 1.82) is 0 Å². The van der Waals surface area contributed by atoms with E-state index in [1.54, 1.807) is 0 Å². The third-order valence-corrected chi connectivity index (χ3v) is 13.0. The van der Waals surface area contributed by atoms with E-state index < -0.39 is 5.41 Å². The maximum Gasteiger partial charge on any atom is 0.143 e. The molecule has 1 aromatic heterocycles. The molecule has 288 valence electrons. The number of benzene rings is 9. The van der Waals surface area contributed by atoms with Crippen LogP contribution in [-0.2, 0) is 5.41 Å². The van der Waals surface area contributed by atoms with Crippen molar-refractivity contribution < 1.29 is 4.42 Å². The van der Waals surface area contributed by atoms with Gasteiger partial charge in [-0.05, 0) is 116 Å². The molecule has 2 aliphatic rings. The molecule has 0 saturated carbocycles. The van der Waals surface area contributed by atoms with E-state index in [4.69, 9.17) is 4.42 Å². The number of hydrogen-bond acceptors (Lipinski definition) is 2. The summed E-state index contributed by atoms with van der Waals surface area (Å²) in [6, 6.07) is 75.6. The number of para-hydroxylation sites is 1. The minimum atomic E-state index is -0.465. The molecule has 0 aliphatic heterocycles. The number of rotatable bonds is 7. The molecule has 0 fully saturated rings. The van der Waals surface area contributed by atoms with Crippen molar-refractivity contribution in [3.8, 4) is 33.4 Å². The SMILES string of the molecule is C1=CC(N(c2ccc(-c3ccc(-c4cc5c6ccccc6oc5c5ccccc45)cc3)cc2)c2ccc3c(c2)C(c2ccccc2)(c2ccccc2)c2ccccc2-3)=CCC1. The second-order valence-electron chi connectivity index (χ2n) is 16.3. The number of hydrogen-bond donors (Lipinski definition) is 0. The first kappa shape index (κ1) is 35.3. The third kappa shape index (κ3) is 5.56. The van der Waals surface area contributed by atoms with E-state index >= 15 is 0 Å². The highest BCUT2D eigenvalue weighted by Gasteiger charge is 2.46. The zero-order chi connectivity index (χ0) is 40.3. The molecule has 9 aromatic carbocycles. The van der Waals surface area contributed by atoms with Gasteiger partial charge in [-0.25, -0.2) is 0 Å². The van der Waals surface area contributed by atoms with E-state index in [0.29, 0.717) is 0 Å². The molecule has 2 nitrogen and oxygen atoms in total. The zero-order valence-electron chi connectivity index (χ0n) is 33.6. The van der Waals surface area contributed by atoms with Gasteiger partial charge in [-0.3, -0.25) is 0 Å². The van der Waals surface area contributed by atoms with Gasteiger partial charge in [0.2, 0.25) is 0 Å². The van der Waals surface area contributed by atoms with Crippen molar-refractivity contribution in [3.63, 3.8) is 0 Å². The van der Waals surface area contributed by atoms with Gasteiger partial charge in [-0.2, -0.15) is 0 Å². The molecule has 2 aliphatic carbocycles. The van der Waals surface area contributed by atoms with Gasteiger partial charge in [-0.15, -0.1) is 0 Å². The van der Waals surface area contributed by atoms with Gasteiger partial charge in [0.25, 0.3) is 0 Å². The van der Waals surface area contributed by atoms with Gasteiger partial charge >= 0.3 is 0 Å². The third-order valence-electron chi connectivity index (χ3n) is 13.0. The van der Waals surface area contributed by atoms with Crippen molar-refractivity contribution in [1.82, 2.24) is 0 Å². The lowest BCUT2D eigenvalue weighted by molar-refractivity contribution is 0.672. The topological polar surface area (TPSA) is 16.4 Å². The number of nitrogens with zero attached hydrogens (tertiary/aromatic N) is 1. The van der Waals surface area contributed by atoms with E-state index in [2.05, 4.69) is 223 Å². The van der Waals surface area contributed by atoms with E-state index in [1.807, 2.05) is 6.07 Å². The standard InChI is InChI=1S/C59H41NO/c1-4-16-43(17-5-1)59(44-18-6-2-7-19-44)55-26-14-12-23-49(55)50-37-36-47(38-56(50)59)60(45-20-8-3-9-21-45)46-34-32-41(33-35-46)40-28-30-42(31-29-40)53-39-54-51-24-13-15-27-57(51)61-58(54)52-25-11-10-22-48(52)53/h1-2,4-8,10-39H,3,9H2. The van der Waals surface area contributed by atoms with Crippen LogP contribution >= 0.6 is 0 Å². The van der Waals surface area contributed by atoms with Crippen LogP contribution in [0.1, 0.15) is 35.1 Å². The van der Waals surface area contributed by atoms with Crippen LogP contribution in [0.25, 0.3) is 66.1 Å². The van der Waals surface area contributed by atoms with Gasteiger partial charge in [0.1, 0.15) is 11.2 Å². The predicted octanol–water partition coefficient (Wildman–Crippen LogP) is 15.8. The summed E-state index contributed by atoms with van der Waals surface area (Å²) in [5.41, 5.74) is 17.4.